The average Bonchev–Trinajstić information content (AvgIpc) is 3.28. The summed E-state index contributed by atoms with van der Waals surface area (Å²) in [6.07, 6.45) is 3.45. The monoisotopic (exact) mass is 455 g/mol. The first-order chi connectivity index (χ1) is 16.2. The summed E-state index contributed by atoms with van der Waals surface area (Å²) in [4.78, 5) is 2.60. The molecule has 0 atom stereocenters. The zero-order chi connectivity index (χ0) is 22.5. The largest absolute Gasteiger partial charge is 0.303 e. The van der Waals surface area contributed by atoms with Gasteiger partial charge in [0.2, 0.25) is 0 Å². The molecule has 4 aromatic rings. The van der Waals surface area contributed by atoms with Crippen LogP contribution >= 0.6 is 11.6 Å². The van der Waals surface area contributed by atoms with E-state index < -0.39 is 0 Å². The Hall–Kier alpha value is -2.88. The highest BCUT2D eigenvalue weighted by Crippen LogP contribution is 2.31. The highest BCUT2D eigenvalue weighted by Gasteiger charge is 2.24. The van der Waals surface area contributed by atoms with E-state index in [1.807, 2.05) is 12.1 Å². The van der Waals surface area contributed by atoms with Gasteiger partial charge in [-0.15, -0.1) is 0 Å². The van der Waals surface area contributed by atoms with Crippen LogP contribution in [-0.2, 0) is 13.0 Å². The van der Waals surface area contributed by atoms with Crippen LogP contribution in [0.25, 0.3) is 11.3 Å². The van der Waals surface area contributed by atoms with Crippen LogP contribution in [0, 0.1) is 0 Å². The van der Waals surface area contributed by atoms with Crippen molar-refractivity contribution in [2.45, 2.75) is 31.7 Å². The third kappa shape index (κ3) is 5.55. The molecule has 1 fully saturated rings. The molecule has 0 unspecified atom stereocenters. The van der Waals surface area contributed by atoms with Crippen LogP contribution in [0.3, 0.4) is 0 Å². The minimum absolute atomic E-state index is 0.515. The minimum atomic E-state index is 0.515. The summed E-state index contributed by atoms with van der Waals surface area (Å²) in [5.74, 6) is 0.515. The van der Waals surface area contributed by atoms with E-state index in [1.54, 1.807) is 0 Å². The Kier molecular flexibility index (Phi) is 6.89. The highest BCUT2D eigenvalue weighted by molar-refractivity contribution is 6.30. The molecule has 4 heteroatoms. The van der Waals surface area contributed by atoms with Gasteiger partial charge in [-0.1, -0.05) is 84.4 Å². The third-order valence-corrected chi connectivity index (χ3v) is 6.93. The maximum Gasteiger partial charge on any atom is 0.0689 e. The van der Waals surface area contributed by atoms with E-state index in [0.29, 0.717) is 5.92 Å². The molecule has 1 aliphatic heterocycles. The van der Waals surface area contributed by atoms with Crippen LogP contribution in [0.15, 0.2) is 91.0 Å². The molecule has 168 valence electrons. The number of hydrogen-bond donors (Lipinski definition) is 0. The van der Waals surface area contributed by atoms with Gasteiger partial charge >= 0.3 is 0 Å². The summed E-state index contributed by atoms with van der Waals surface area (Å²) in [6.45, 7) is 4.18. The molecular weight excluding hydrogens is 426 g/mol. The Morgan fingerprint density at radius 2 is 1.42 bits per heavy atom. The highest BCUT2D eigenvalue weighted by atomic mass is 35.5. The van der Waals surface area contributed by atoms with Gasteiger partial charge in [0.05, 0.1) is 17.9 Å². The maximum atomic E-state index is 6.15. The van der Waals surface area contributed by atoms with Gasteiger partial charge in [0, 0.05) is 17.5 Å². The normalized spacial score (nSPS) is 15.1. The fourth-order valence-electron chi connectivity index (χ4n) is 4.75. The molecule has 1 aromatic heterocycles. The number of likely N-dealkylation sites (tertiary alicyclic amines) is 1. The van der Waals surface area contributed by atoms with Crippen LogP contribution in [0.5, 0.6) is 0 Å². The fourth-order valence-corrected chi connectivity index (χ4v) is 4.88. The molecule has 3 nitrogen and oxygen atoms in total. The first-order valence-corrected chi connectivity index (χ1v) is 12.3. The number of nitrogens with zero attached hydrogens (tertiary/aromatic N) is 3. The Bertz CT molecular complexity index is 1140. The van der Waals surface area contributed by atoms with Crippen molar-refractivity contribution in [3.05, 3.63) is 113 Å². The molecule has 5 rings (SSSR count). The van der Waals surface area contributed by atoms with Crippen molar-refractivity contribution in [2.24, 2.45) is 0 Å². The Morgan fingerprint density at radius 3 is 2.09 bits per heavy atom. The third-order valence-electron chi connectivity index (χ3n) is 6.68. The number of rotatable bonds is 7. The van der Waals surface area contributed by atoms with Crippen molar-refractivity contribution in [2.75, 3.05) is 19.6 Å². The number of hydrogen-bond acceptors (Lipinski definition) is 2. The van der Waals surface area contributed by atoms with E-state index >= 15 is 0 Å². The summed E-state index contributed by atoms with van der Waals surface area (Å²) < 4.78 is 2.16. The van der Waals surface area contributed by atoms with Crippen molar-refractivity contribution in [3.63, 3.8) is 0 Å². The van der Waals surface area contributed by atoms with Gasteiger partial charge in [0.15, 0.2) is 0 Å². The van der Waals surface area contributed by atoms with Crippen LogP contribution in [-0.4, -0.2) is 34.3 Å². The van der Waals surface area contributed by atoms with E-state index in [-0.39, 0.29) is 0 Å². The molecule has 1 aliphatic rings. The molecule has 0 radical (unpaired) electrons. The van der Waals surface area contributed by atoms with Crippen LogP contribution in [0.2, 0.25) is 5.02 Å². The van der Waals surface area contributed by atoms with Gasteiger partial charge in [0.1, 0.15) is 0 Å². The lowest BCUT2D eigenvalue weighted by molar-refractivity contribution is 0.213. The van der Waals surface area contributed by atoms with Crippen molar-refractivity contribution in [3.8, 4) is 11.3 Å². The standard InChI is InChI=1S/C29H30ClN3/c30-27-13-11-26(12-14-27)29-21-28(31-33(29)22-24-9-5-2-6-10-24)25-16-19-32(20-17-25)18-15-23-7-3-1-4-8-23/h1-14,21,25H,15-20,22H2. The number of benzene rings is 3. The molecule has 3 aromatic carbocycles. The summed E-state index contributed by atoms with van der Waals surface area (Å²) >= 11 is 6.15. The lowest BCUT2D eigenvalue weighted by Crippen LogP contribution is -2.34. The summed E-state index contributed by atoms with van der Waals surface area (Å²) in [7, 11) is 0. The summed E-state index contributed by atoms with van der Waals surface area (Å²) in [5, 5.41) is 5.87. The molecule has 0 saturated carbocycles. The zero-order valence-corrected chi connectivity index (χ0v) is 19.7. The van der Waals surface area contributed by atoms with Crippen LogP contribution in [0.4, 0.5) is 0 Å². The first-order valence-electron chi connectivity index (χ1n) is 11.9. The van der Waals surface area contributed by atoms with Crippen LogP contribution in [0.1, 0.15) is 35.6 Å². The zero-order valence-electron chi connectivity index (χ0n) is 18.9. The Balaban J connectivity index is 1.30. The fraction of sp³-hybridized carbons (Fsp3) is 0.276. The van der Waals surface area contributed by atoms with Gasteiger partial charge in [-0.2, -0.15) is 5.10 Å². The predicted molar refractivity (Wildman–Crippen MR) is 137 cm³/mol. The van der Waals surface area contributed by atoms with E-state index in [4.69, 9.17) is 16.7 Å². The molecular formula is C29H30ClN3. The van der Waals surface area contributed by atoms with Gasteiger partial charge in [0.25, 0.3) is 0 Å². The smallest absolute Gasteiger partial charge is 0.0689 e. The first kappa shape index (κ1) is 21.9. The molecule has 0 aliphatic carbocycles. The Labute approximate surface area is 201 Å². The second-order valence-electron chi connectivity index (χ2n) is 8.96. The van der Waals surface area contributed by atoms with Crippen molar-refractivity contribution < 1.29 is 0 Å². The SMILES string of the molecule is Clc1ccc(-c2cc(C3CCN(CCc4ccccc4)CC3)nn2Cc2ccccc2)cc1. The quantitative estimate of drug-likeness (QED) is 0.310. The molecule has 2 heterocycles. The number of piperidine rings is 1. The number of aromatic nitrogens is 2. The molecule has 33 heavy (non-hydrogen) atoms. The van der Waals surface area contributed by atoms with Crippen molar-refractivity contribution >= 4 is 11.6 Å². The van der Waals surface area contributed by atoms with E-state index in [0.717, 1.165) is 61.7 Å². The molecule has 0 bridgehead atoms. The molecule has 0 N–H and O–H groups in total. The van der Waals surface area contributed by atoms with E-state index in [1.165, 1.54) is 16.8 Å². The summed E-state index contributed by atoms with van der Waals surface area (Å²) in [5.41, 5.74) is 6.23. The molecule has 1 saturated heterocycles. The van der Waals surface area contributed by atoms with E-state index in [9.17, 15) is 0 Å². The Morgan fingerprint density at radius 1 is 0.788 bits per heavy atom. The second-order valence-corrected chi connectivity index (χ2v) is 9.39. The van der Waals surface area contributed by atoms with Crippen molar-refractivity contribution in [1.29, 1.82) is 0 Å². The second kappa shape index (κ2) is 10.4. The van der Waals surface area contributed by atoms with Gasteiger partial charge < -0.3 is 4.90 Å². The minimum Gasteiger partial charge on any atom is -0.303 e. The average molecular weight is 456 g/mol. The number of halogens is 1. The lowest BCUT2D eigenvalue weighted by Gasteiger charge is -2.31. The molecule has 0 spiro atoms. The van der Waals surface area contributed by atoms with E-state index in [2.05, 4.69) is 88.4 Å². The van der Waals surface area contributed by atoms with Gasteiger partial charge in [-0.05, 0) is 67.2 Å². The molecule has 0 amide bonds. The van der Waals surface area contributed by atoms with Gasteiger partial charge in [-0.25, -0.2) is 0 Å². The van der Waals surface area contributed by atoms with Gasteiger partial charge in [-0.3, -0.25) is 4.68 Å². The lowest BCUT2D eigenvalue weighted by atomic mass is 9.93. The van der Waals surface area contributed by atoms with Crippen LogP contribution < -0.4 is 0 Å². The predicted octanol–water partition coefficient (Wildman–Crippen LogP) is 6.67. The summed E-state index contributed by atoms with van der Waals surface area (Å²) in [6, 6.07) is 31.8. The maximum absolute atomic E-state index is 6.15. The van der Waals surface area contributed by atoms with Crippen molar-refractivity contribution in [1.82, 2.24) is 14.7 Å². The topological polar surface area (TPSA) is 21.1 Å².